The number of rotatable bonds is 27. The average molecular weight is 857 g/mol. The monoisotopic (exact) mass is 857 g/mol. The van der Waals surface area contributed by atoms with Crippen molar-refractivity contribution in [1.82, 2.24) is 5.06 Å². The smallest absolute Gasteiger partial charge is 0.314 e. The summed E-state index contributed by atoms with van der Waals surface area (Å²) in [5.41, 5.74) is -1.44. The van der Waals surface area contributed by atoms with Crippen LogP contribution in [0, 0.1) is 5.92 Å². The van der Waals surface area contributed by atoms with Crippen molar-refractivity contribution >= 4 is 38.3 Å². The second-order valence-electron chi connectivity index (χ2n) is 18.8. The summed E-state index contributed by atoms with van der Waals surface area (Å²) >= 11 is 0. The largest absolute Gasteiger partial charge is 0.490 e. The highest BCUT2D eigenvalue weighted by atomic mass is 16.6. The van der Waals surface area contributed by atoms with Crippen molar-refractivity contribution in [3.05, 3.63) is 36.4 Å². The van der Waals surface area contributed by atoms with Crippen LogP contribution in [0.1, 0.15) is 171 Å². The molecule has 0 amide bonds. The summed E-state index contributed by atoms with van der Waals surface area (Å²) in [6.45, 7) is 21.4. The van der Waals surface area contributed by atoms with Gasteiger partial charge in [0.1, 0.15) is 0 Å². The molecule has 0 aliphatic carbocycles. The van der Waals surface area contributed by atoms with Crippen molar-refractivity contribution in [3.63, 3.8) is 0 Å². The van der Waals surface area contributed by atoms with Crippen molar-refractivity contribution in [2.45, 2.75) is 183 Å². The Hall–Kier alpha value is -3.95. The van der Waals surface area contributed by atoms with E-state index in [0.717, 1.165) is 139 Å². The van der Waals surface area contributed by atoms with Crippen LogP contribution < -0.4 is 28.4 Å². The number of carbonyl (C=O) groups is 1. The van der Waals surface area contributed by atoms with Gasteiger partial charge in [0.15, 0.2) is 34.5 Å². The van der Waals surface area contributed by atoms with Gasteiger partial charge in [-0.3, -0.25) is 4.79 Å². The van der Waals surface area contributed by atoms with Crippen molar-refractivity contribution in [1.29, 1.82) is 0 Å². The molecule has 0 spiro atoms. The molecule has 4 aromatic rings. The number of hydrogen-bond donors (Lipinski definition) is 0. The molecule has 9 nitrogen and oxygen atoms in total. The predicted octanol–water partition coefficient (Wildman–Crippen LogP) is 14.5. The van der Waals surface area contributed by atoms with Gasteiger partial charge >= 0.3 is 5.97 Å². The molecule has 9 heteroatoms. The van der Waals surface area contributed by atoms with Crippen molar-refractivity contribution in [2.75, 3.05) is 33.0 Å². The lowest BCUT2D eigenvalue weighted by molar-refractivity contribution is -0.293. The van der Waals surface area contributed by atoms with E-state index in [4.69, 9.17) is 28.4 Å². The third kappa shape index (κ3) is 12.6. The fraction of sp³-hybridized carbons (Fsp3) is 0.642. The molecule has 62 heavy (non-hydrogen) atoms. The van der Waals surface area contributed by atoms with E-state index >= 15 is 0 Å². The van der Waals surface area contributed by atoms with Gasteiger partial charge < -0.3 is 28.4 Å². The van der Waals surface area contributed by atoms with Gasteiger partial charge in [0.2, 0.25) is 0 Å². The Balaban J connectivity index is 1.77. The molecule has 1 radical (unpaired) electrons. The van der Waals surface area contributed by atoms with E-state index in [1.54, 1.807) is 0 Å². The van der Waals surface area contributed by atoms with Gasteiger partial charge in [-0.15, -0.1) is 10.3 Å². The molecule has 0 aromatic heterocycles. The van der Waals surface area contributed by atoms with Crippen molar-refractivity contribution in [3.8, 4) is 34.5 Å². The van der Waals surface area contributed by atoms with Crippen LogP contribution in [0.5, 0.6) is 34.5 Å². The van der Waals surface area contributed by atoms with Crippen LogP contribution in [0.3, 0.4) is 0 Å². The number of hydrogen-bond acceptors (Lipinski definition) is 8. The van der Waals surface area contributed by atoms with Gasteiger partial charge in [0.25, 0.3) is 0 Å². The molecule has 0 saturated carbocycles. The topological polar surface area (TPSA) is 95.6 Å². The Bertz CT molecular complexity index is 1970. The van der Waals surface area contributed by atoms with Gasteiger partial charge in [-0.2, -0.15) is 0 Å². The molecule has 1 fully saturated rings. The third-order valence-corrected chi connectivity index (χ3v) is 12.3. The van der Waals surface area contributed by atoms with Gasteiger partial charge in [-0.25, -0.2) is 0 Å². The molecule has 1 aliphatic rings. The molecular weight excluding hydrogens is 779 g/mol. The van der Waals surface area contributed by atoms with Crippen LogP contribution in [-0.2, 0) is 10.0 Å². The fourth-order valence-electron chi connectivity index (χ4n) is 8.95. The molecule has 0 unspecified atom stereocenters. The number of ether oxygens (including phenoxy) is 6. The lowest BCUT2D eigenvalue weighted by Crippen LogP contribution is -2.59. The standard InChI is InChI=1S/C53H78NO8/c1-10-15-20-25-57-45-30-39-40-31-46(58-26-21-16-11-2)48(60-28-23-18-13-4)33-42(40)44-35-50(62-51(55)38-36-52(6,7)54(56)53(8,9)37-38)49(61-29-24-19-14-5)34-43(44)41(39)32-47(45)59-27-22-17-12-3/h30-35,38H,10-29,36-37H2,1-9H3. The number of unbranched alkanes of at least 4 members (excludes halogenated alkanes) is 10. The zero-order valence-corrected chi connectivity index (χ0v) is 39.8. The maximum Gasteiger partial charge on any atom is 0.314 e. The van der Waals surface area contributed by atoms with Crippen LogP contribution in [-0.4, -0.2) is 55.1 Å². The summed E-state index contributed by atoms with van der Waals surface area (Å²) in [6.07, 6.45) is 16.3. The van der Waals surface area contributed by atoms with E-state index in [2.05, 4.69) is 58.9 Å². The summed E-state index contributed by atoms with van der Waals surface area (Å²) in [4.78, 5) is 14.3. The third-order valence-electron chi connectivity index (χ3n) is 12.3. The molecule has 1 saturated heterocycles. The summed E-state index contributed by atoms with van der Waals surface area (Å²) in [5.74, 6) is 2.94. The van der Waals surface area contributed by atoms with E-state index in [1.165, 1.54) is 0 Å². The lowest BCUT2D eigenvalue weighted by atomic mass is 9.75. The number of carbonyl (C=O) groups excluding carboxylic acids is 1. The Labute approximate surface area is 373 Å². The first-order valence-corrected chi connectivity index (χ1v) is 24.3. The fourth-order valence-corrected chi connectivity index (χ4v) is 8.95. The first-order chi connectivity index (χ1) is 29.9. The van der Waals surface area contributed by atoms with E-state index in [9.17, 15) is 10.0 Å². The van der Waals surface area contributed by atoms with Gasteiger partial charge in [0.05, 0.1) is 39.0 Å². The van der Waals surface area contributed by atoms with Crippen LogP contribution in [0.2, 0.25) is 0 Å². The second-order valence-corrected chi connectivity index (χ2v) is 18.8. The first kappa shape index (κ1) is 49.1. The molecule has 1 heterocycles. The summed E-state index contributed by atoms with van der Waals surface area (Å²) in [5, 5.41) is 20.2. The summed E-state index contributed by atoms with van der Waals surface area (Å²) in [7, 11) is 0. The van der Waals surface area contributed by atoms with Crippen LogP contribution >= 0.6 is 0 Å². The number of fused-ring (bicyclic) bond motifs is 6. The van der Waals surface area contributed by atoms with Gasteiger partial charge in [0, 0.05) is 11.1 Å². The molecule has 4 aromatic carbocycles. The number of esters is 1. The molecule has 1 aliphatic heterocycles. The lowest BCUT2D eigenvalue weighted by Gasteiger charge is -2.49. The summed E-state index contributed by atoms with van der Waals surface area (Å²) in [6, 6.07) is 12.5. The average Bonchev–Trinajstić information content (AvgIpc) is 3.25. The minimum atomic E-state index is -0.720. The molecule has 0 bridgehead atoms. The molecule has 5 rings (SSSR count). The van der Waals surface area contributed by atoms with Crippen molar-refractivity contribution in [2.24, 2.45) is 5.92 Å². The zero-order chi connectivity index (χ0) is 44.7. The Morgan fingerprint density at radius 3 is 0.952 bits per heavy atom. The van der Waals surface area contributed by atoms with Crippen LogP contribution in [0.15, 0.2) is 36.4 Å². The quantitative estimate of drug-likeness (QED) is 0.0253. The van der Waals surface area contributed by atoms with E-state index in [1.807, 2.05) is 39.8 Å². The maximum atomic E-state index is 14.3. The Morgan fingerprint density at radius 1 is 0.452 bits per heavy atom. The van der Waals surface area contributed by atoms with Crippen molar-refractivity contribution < 1.29 is 38.4 Å². The summed E-state index contributed by atoms with van der Waals surface area (Å²) < 4.78 is 39.3. The molecular formula is C53H78NO8. The minimum Gasteiger partial charge on any atom is -0.490 e. The van der Waals surface area contributed by atoms with E-state index in [0.29, 0.717) is 74.6 Å². The second kappa shape index (κ2) is 23.7. The number of benzene rings is 4. The molecule has 0 N–H and O–H groups in total. The highest BCUT2D eigenvalue weighted by Crippen LogP contribution is 2.48. The maximum absolute atomic E-state index is 14.3. The van der Waals surface area contributed by atoms with E-state index in [-0.39, 0.29) is 5.97 Å². The Morgan fingerprint density at radius 2 is 0.694 bits per heavy atom. The molecule has 0 atom stereocenters. The number of hydroxylamine groups is 2. The Kier molecular flexibility index (Phi) is 18.7. The number of nitrogens with zero attached hydrogens (tertiary/aromatic N) is 1. The highest BCUT2D eigenvalue weighted by molar-refractivity contribution is 6.27. The SMILES string of the molecule is CCCCCOc1cc2c3cc(OCCCCC)c(OCCCCC)cc3c3cc(OC(=O)C4CC(C)(C)N([O])C(C)(C)C4)c(OCCCCC)cc3c2cc1OCCCCC. The van der Waals surface area contributed by atoms with Crippen LogP contribution in [0.25, 0.3) is 32.3 Å². The zero-order valence-electron chi connectivity index (χ0n) is 39.8. The minimum absolute atomic E-state index is 0.350. The first-order valence-electron chi connectivity index (χ1n) is 24.3. The number of piperidine rings is 1. The van der Waals surface area contributed by atoms with Gasteiger partial charge in [-0.1, -0.05) is 98.8 Å². The highest BCUT2D eigenvalue weighted by Gasteiger charge is 2.48. The van der Waals surface area contributed by atoms with Gasteiger partial charge in [-0.05, 0) is 141 Å². The molecule has 343 valence electrons. The van der Waals surface area contributed by atoms with E-state index < -0.39 is 17.0 Å². The predicted molar refractivity (Wildman–Crippen MR) is 253 cm³/mol. The normalized spacial score (nSPS) is 15.3. The van der Waals surface area contributed by atoms with Crippen LogP contribution in [0.4, 0.5) is 0 Å².